The van der Waals surface area contributed by atoms with Crippen molar-refractivity contribution in [2.75, 3.05) is 7.11 Å². The molecule has 0 aromatic heterocycles. The van der Waals surface area contributed by atoms with E-state index in [4.69, 9.17) is 4.74 Å². The first-order valence-electron chi connectivity index (χ1n) is 4.89. The largest absolute Gasteiger partial charge is 0.496 e. The Balaban J connectivity index is 3.04. The number of hydrogen-bond acceptors (Lipinski definition) is 3. The molecule has 0 saturated carbocycles. The Kier molecular flexibility index (Phi) is 4.07. The lowest BCUT2D eigenvalue weighted by Gasteiger charge is -2.12. The van der Waals surface area contributed by atoms with E-state index in [1.54, 1.807) is 7.11 Å². The fraction of sp³-hybridized carbons (Fsp3) is 0.417. The van der Waals surface area contributed by atoms with E-state index in [1.165, 1.54) is 6.08 Å². The number of nitrogens with zero attached hydrogens (tertiary/aromatic N) is 1. The minimum atomic E-state index is 0.382. The molecule has 1 aromatic rings. The van der Waals surface area contributed by atoms with Crippen molar-refractivity contribution in [3.8, 4) is 5.75 Å². The second-order valence-corrected chi connectivity index (χ2v) is 3.64. The van der Waals surface area contributed by atoms with E-state index in [0.29, 0.717) is 12.5 Å². The molecule has 80 valence electrons. The Morgan fingerprint density at radius 3 is 2.73 bits per heavy atom. The molecular formula is C12H15NO2. The van der Waals surface area contributed by atoms with E-state index in [2.05, 4.69) is 18.8 Å². The lowest BCUT2D eigenvalue weighted by molar-refractivity contribution is 0.407. The van der Waals surface area contributed by atoms with Gasteiger partial charge in [0.2, 0.25) is 6.08 Å². The molecule has 1 rings (SSSR count). The zero-order chi connectivity index (χ0) is 11.3. The van der Waals surface area contributed by atoms with Crippen molar-refractivity contribution >= 4 is 6.08 Å². The predicted molar refractivity (Wildman–Crippen MR) is 58.9 cm³/mol. The lowest BCUT2D eigenvalue weighted by Crippen LogP contribution is -1.95. The minimum absolute atomic E-state index is 0.382. The van der Waals surface area contributed by atoms with E-state index >= 15 is 0 Å². The molecule has 1 aromatic carbocycles. The maximum atomic E-state index is 10.0. The van der Waals surface area contributed by atoms with Crippen molar-refractivity contribution in [2.24, 2.45) is 4.99 Å². The Labute approximate surface area is 89.8 Å². The normalized spacial score (nSPS) is 9.87. The lowest BCUT2D eigenvalue weighted by atomic mass is 9.99. The molecule has 0 N–H and O–H groups in total. The molecule has 0 aliphatic heterocycles. The van der Waals surface area contributed by atoms with Crippen LogP contribution in [0.2, 0.25) is 0 Å². The summed E-state index contributed by atoms with van der Waals surface area (Å²) in [5.41, 5.74) is 2.14. The molecule has 0 saturated heterocycles. The van der Waals surface area contributed by atoms with Crippen molar-refractivity contribution in [1.82, 2.24) is 0 Å². The van der Waals surface area contributed by atoms with Crippen molar-refractivity contribution in [3.63, 3.8) is 0 Å². The zero-order valence-corrected chi connectivity index (χ0v) is 9.28. The van der Waals surface area contributed by atoms with Crippen LogP contribution in [0.25, 0.3) is 0 Å². The van der Waals surface area contributed by atoms with Crippen molar-refractivity contribution in [1.29, 1.82) is 0 Å². The van der Waals surface area contributed by atoms with Crippen LogP contribution in [-0.2, 0) is 11.3 Å². The summed E-state index contributed by atoms with van der Waals surface area (Å²) in [6, 6.07) is 5.83. The molecule has 3 heteroatoms. The summed E-state index contributed by atoms with van der Waals surface area (Å²) in [6.45, 7) is 4.59. The van der Waals surface area contributed by atoms with Crippen molar-refractivity contribution in [2.45, 2.75) is 26.3 Å². The monoisotopic (exact) mass is 205 g/mol. The van der Waals surface area contributed by atoms with Crippen LogP contribution in [0.1, 0.15) is 30.9 Å². The molecule has 0 amide bonds. The van der Waals surface area contributed by atoms with Gasteiger partial charge in [-0.15, -0.1) is 0 Å². The van der Waals surface area contributed by atoms with Gasteiger partial charge in [-0.1, -0.05) is 19.9 Å². The van der Waals surface area contributed by atoms with Gasteiger partial charge in [-0.05, 0) is 29.2 Å². The second kappa shape index (κ2) is 5.32. The highest BCUT2D eigenvalue weighted by atomic mass is 16.5. The van der Waals surface area contributed by atoms with Gasteiger partial charge in [0.1, 0.15) is 5.75 Å². The Morgan fingerprint density at radius 1 is 1.47 bits per heavy atom. The molecule has 0 unspecified atom stereocenters. The van der Waals surface area contributed by atoms with E-state index in [1.807, 2.05) is 18.2 Å². The molecule has 0 fully saturated rings. The smallest absolute Gasteiger partial charge is 0.235 e. The Bertz CT molecular complexity index is 379. The molecule has 0 bridgehead atoms. The summed E-state index contributed by atoms with van der Waals surface area (Å²) >= 11 is 0. The minimum Gasteiger partial charge on any atom is -0.496 e. The van der Waals surface area contributed by atoms with Gasteiger partial charge in [0, 0.05) is 0 Å². The van der Waals surface area contributed by atoms with E-state index in [-0.39, 0.29) is 0 Å². The summed E-state index contributed by atoms with van der Waals surface area (Å²) in [4.78, 5) is 13.6. The molecule has 15 heavy (non-hydrogen) atoms. The first-order chi connectivity index (χ1) is 7.19. The summed E-state index contributed by atoms with van der Waals surface area (Å²) in [7, 11) is 1.66. The molecule has 0 aliphatic rings. The third-order valence-electron chi connectivity index (χ3n) is 2.24. The van der Waals surface area contributed by atoms with E-state index in [0.717, 1.165) is 16.9 Å². The SMILES string of the molecule is COc1ccc(CN=C=O)cc1C(C)C. The number of hydrogen-bond donors (Lipinski definition) is 0. The van der Waals surface area contributed by atoms with Crippen LogP contribution >= 0.6 is 0 Å². The van der Waals surface area contributed by atoms with Crippen LogP contribution in [0.15, 0.2) is 23.2 Å². The van der Waals surface area contributed by atoms with Crippen molar-refractivity contribution in [3.05, 3.63) is 29.3 Å². The first kappa shape index (κ1) is 11.5. The third-order valence-corrected chi connectivity index (χ3v) is 2.24. The fourth-order valence-corrected chi connectivity index (χ4v) is 1.46. The highest BCUT2D eigenvalue weighted by Crippen LogP contribution is 2.27. The maximum absolute atomic E-state index is 10.0. The van der Waals surface area contributed by atoms with Gasteiger partial charge in [-0.3, -0.25) is 0 Å². The summed E-state index contributed by atoms with van der Waals surface area (Å²) in [5.74, 6) is 1.27. The molecule has 0 radical (unpaired) electrons. The van der Waals surface area contributed by atoms with Gasteiger partial charge in [0.05, 0.1) is 13.7 Å². The van der Waals surface area contributed by atoms with Crippen LogP contribution in [0.4, 0.5) is 0 Å². The second-order valence-electron chi connectivity index (χ2n) is 3.64. The quantitative estimate of drug-likeness (QED) is 0.560. The zero-order valence-electron chi connectivity index (χ0n) is 9.28. The predicted octanol–water partition coefficient (Wildman–Crippen LogP) is 2.65. The fourth-order valence-electron chi connectivity index (χ4n) is 1.46. The third kappa shape index (κ3) is 2.93. The summed E-state index contributed by atoms with van der Waals surface area (Å²) < 4.78 is 5.26. The average molecular weight is 205 g/mol. The number of aliphatic imine (C=N–C) groups is 1. The number of isocyanates is 1. The maximum Gasteiger partial charge on any atom is 0.235 e. The number of methoxy groups -OCH3 is 1. The molecule has 0 aliphatic carbocycles. The highest BCUT2D eigenvalue weighted by molar-refractivity contribution is 5.40. The standard InChI is InChI=1S/C12H15NO2/c1-9(2)11-6-10(7-13-8-14)4-5-12(11)15-3/h4-6,9H,7H2,1-3H3. The van der Waals surface area contributed by atoms with E-state index < -0.39 is 0 Å². The Hall–Kier alpha value is -1.60. The van der Waals surface area contributed by atoms with Gasteiger partial charge in [-0.25, -0.2) is 9.79 Å². The number of ether oxygens (including phenoxy) is 1. The van der Waals surface area contributed by atoms with Gasteiger partial charge in [0.25, 0.3) is 0 Å². The van der Waals surface area contributed by atoms with Gasteiger partial charge < -0.3 is 4.74 Å². The number of benzene rings is 1. The summed E-state index contributed by atoms with van der Waals surface area (Å²) in [5, 5.41) is 0. The highest BCUT2D eigenvalue weighted by Gasteiger charge is 2.07. The van der Waals surface area contributed by atoms with Crippen molar-refractivity contribution < 1.29 is 9.53 Å². The van der Waals surface area contributed by atoms with Gasteiger partial charge >= 0.3 is 0 Å². The molecule has 0 atom stereocenters. The van der Waals surface area contributed by atoms with Crippen LogP contribution in [0.3, 0.4) is 0 Å². The number of rotatable bonds is 4. The summed E-state index contributed by atoms with van der Waals surface area (Å²) in [6.07, 6.45) is 1.54. The topological polar surface area (TPSA) is 38.7 Å². The molecule has 3 nitrogen and oxygen atoms in total. The first-order valence-corrected chi connectivity index (χ1v) is 4.89. The Morgan fingerprint density at radius 2 is 2.20 bits per heavy atom. The van der Waals surface area contributed by atoms with Crippen LogP contribution in [0.5, 0.6) is 5.75 Å². The average Bonchev–Trinajstić information content (AvgIpc) is 2.25. The van der Waals surface area contributed by atoms with Gasteiger partial charge in [-0.2, -0.15) is 0 Å². The molecule has 0 spiro atoms. The molecule has 0 heterocycles. The van der Waals surface area contributed by atoms with Gasteiger partial charge in [0.15, 0.2) is 0 Å². The molecular weight excluding hydrogens is 190 g/mol. The van der Waals surface area contributed by atoms with E-state index in [9.17, 15) is 4.79 Å². The number of carbonyl (C=O) groups excluding carboxylic acids is 1. The van der Waals surface area contributed by atoms with Crippen LogP contribution in [0, 0.1) is 0 Å². The van der Waals surface area contributed by atoms with Crippen LogP contribution < -0.4 is 4.74 Å². The van der Waals surface area contributed by atoms with Crippen LogP contribution in [-0.4, -0.2) is 13.2 Å².